The number of aliphatic hydroxyl groups excluding tert-OH is 1. The van der Waals surface area contributed by atoms with Gasteiger partial charge in [0.25, 0.3) is 0 Å². The molecule has 1 saturated heterocycles. The molecule has 1 aliphatic heterocycles. The molecule has 0 aliphatic carbocycles. The van der Waals surface area contributed by atoms with E-state index in [0.29, 0.717) is 22.6 Å². The number of anilines is 4. The highest BCUT2D eigenvalue weighted by Gasteiger charge is 2.29. The van der Waals surface area contributed by atoms with Gasteiger partial charge >= 0.3 is 0 Å². The molecule has 3 heterocycles. The molecule has 226 valence electrons. The fourth-order valence-electron chi connectivity index (χ4n) is 5.04. The van der Waals surface area contributed by atoms with Crippen molar-refractivity contribution in [3.8, 4) is 11.5 Å². The van der Waals surface area contributed by atoms with Gasteiger partial charge in [0.05, 0.1) is 37.4 Å². The highest BCUT2D eigenvalue weighted by atomic mass is 19.1. The highest BCUT2D eigenvalue weighted by molar-refractivity contribution is 6.02. The molecular weight excluding hydrogens is 560 g/mol. The van der Waals surface area contributed by atoms with Crippen LogP contribution in [0.4, 0.5) is 31.7 Å². The van der Waals surface area contributed by atoms with Gasteiger partial charge in [0.1, 0.15) is 17.7 Å². The number of piperazine rings is 1. The standard InChI is InChI=1S/C31H33F2N5O5/c1-5-27(39)36-21-15-19(38-11-9-37(6-2)10-12-38)7-8-20(21)35-26-14-18-13-24(43-25(18)17-34-26)31(40)28-29(32)22(41-3)16-23(42-4)30(28)33/h5,7-8,13-17,31,40H,1,6,9-12H2,2-4H3,(H,34,35)(H,36,39). The molecule has 2 aromatic heterocycles. The van der Waals surface area contributed by atoms with Gasteiger partial charge in [-0.1, -0.05) is 13.5 Å². The van der Waals surface area contributed by atoms with Gasteiger partial charge in [-0.2, -0.15) is 0 Å². The van der Waals surface area contributed by atoms with Gasteiger partial charge in [0, 0.05) is 43.3 Å². The number of benzene rings is 2. The summed E-state index contributed by atoms with van der Waals surface area (Å²) >= 11 is 0. The normalized spacial score (nSPS) is 14.4. The molecule has 0 spiro atoms. The molecule has 2 aromatic carbocycles. The van der Waals surface area contributed by atoms with Crippen molar-refractivity contribution in [3.63, 3.8) is 0 Å². The van der Waals surface area contributed by atoms with E-state index in [-0.39, 0.29) is 28.7 Å². The SMILES string of the molecule is C=CC(=O)Nc1cc(N2CCN(CC)CC2)ccc1Nc1cc2cc(C(O)c3c(F)c(OC)cc(OC)c3F)oc2cn1. The Morgan fingerprint density at radius 1 is 1.09 bits per heavy atom. The fourth-order valence-corrected chi connectivity index (χ4v) is 5.04. The Labute approximate surface area is 247 Å². The molecule has 3 N–H and O–H groups in total. The maximum atomic E-state index is 15.0. The fraction of sp³-hybridized carbons (Fsp3) is 0.290. The number of hydrogen-bond acceptors (Lipinski definition) is 9. The molecular formula is C31H33F2N5O5. The number of rotatable bonds is 10. The number of furan rings is 1. The van der Waals surface area contributed by atoms with Crippen LogP contribution in [0.5, 0.6) is 11.5 Å². The zero-order valence-corrected chi connectivity index (χ0v) is 24.1. The molecule has 1 unspecified atom stereocenters. The predicted octanol–water partition coefficient (Wildman–Crippen LogP) is 5.21. The van der Waals surface area contributed by atoms with Crippen molar-refractivity contribution in [2.24, 2.45) is 0 Å². The lowest BCUT2D eigenvalue weighted by Gasteiger charge is -2.35. The molecule has 10 nitrogen and oxygen atoms in total. The predicted molar refractivity (Wildman–Crippen MR) is 160 cm³/mol. The molecule has 1 aliphatic rings. The Morgan fingerprint density at radius 3 is 2.42 bits per heavy atom. The Morgan fingerprint density at radius 2 is 1.79 bits per heavy atom. The molecule has 1 fully saturated rings. The van der Waals surface area contributed by atoms with Crippen LogP contribution >= 0.6 is 0 Å². The molecule has 43 heavy (non-hydrogen) atoms. The number of carbonyl (C=O) groups is 1. The zero-order valence-electron chi connectivity index (χ0n) is 24.1. The van der Waals surface area contributed by atoms with E-state index < -0.39 is 23.3 Å². The van der Waals surface area contributed by atoms with Crippen LogP contribution in [0, 0.1) is 11.6 Å². The summed E-state index contributed by atoms with van der Waals surface area (Å²) in [6, 6.07) is 9.93. The Balaban J connectivity index is 1.43. The molecule has 4 aromatic rings. The second kappa shape index (κ2) is 12.7. The number of amides is 1. The Bertz CT molecular complexity index is 1620. The van der Waals surface area contributed by atoms with Crippen LogP contribution in [0.25, 0.3) is 11.0 Å². The number of hydrogen-bond donors (Lipinski definition) is 3. The summed E-state index contributed by atoms with van der Waals surface area (Å²) in [5.74, 6) is -2.77. The van der Waals surface area contributed by atoms with Gasteiger partial charge in [0.2, 0.25) is 5.91 Å². The van der Waals surface area contributed by atoms with Crippen LogP contribution < -0.4 is 25.0 Å². The first kappa shape index (κ1) is 29.8. The van der Waals surface area contributed by atoms with E-state index in [1.807, 2.05) is 18.2 Å². The molecule has 1 atom stereocenters. The molecule has 0 saturated carbocycles. The lowest BCUT2D eigenvalue weighted by atomic mass is 10.0. The van der Waals surface area contributed by atoms with Crippen LogP contribution in [0.15, 0.2) is 59.7 Å². The third-order valence-corrected chi connectivity index (χ3v) is 7.47. The Hall–Kier alpha value is -4.68. The average Bonchev–Trinajstić information content (AvgIpc) is 3.45. The summed E-state index contributed by atoms with van der Waals surface area (Å²) in [4.78, 5) is 21.3. The van der Waals surface area contributed by atoms with Crippen LogP contribution in [-0.2, 0) is 4.79 Å². The molecule has 12 heteroatoms. The van der Waals surface area contributed by atoms with E-state index in [0.717, 1.165) is 44.5 Å². The number of pyridine rings is 1. The minimum Gasteiger partial charge on any atom is -0.494 e. The van der Waals surface area contributed by atoms with Gasteiger partial charge in [-0.05, 0) is 43.0 Å². The number of aromatic nitrogens is 1. The third kappa shape index (κ3) is 6.11. The van der Waals surface area contributed by atoms with Crippen LogP contribution in [0.2, 0.25) is 0 Å². The van der Waals surface area contributed by atoms with Crippen molar-refractivity contribution in [3.05, 3.63) is 78.2 Å². The second-order valence-corrected chi connectivity index (χ2v) is 9.95. The second-order valence-electron chi connectivity index (χ2n) is 9.95. The van der Waals surface area contributed by atoms with Crippen molar-refractivity contribution < 1.29 is 32.6 Å². The van der Waals surface area contributed by atoms with Crippen molar-refractivity contribution in [2.45, 2.75) is 13.0 Å². The number of fused-ring (bicyclic) bond motifs is 1. The number of nitrogens with zero attached hydrogens (tertiary/aromatic N) is 3. The van der Waals surface area contributed by atoms with E-state index in [1.165, 1.54) is 32.6 Å². The van der Waals surface area contributed by atoms with Crippen LogP contribution in [0.1, 0.15) is 24.4 Å². The number of nitrogens with one attached hydrogen (secondary N) is 2. The van der Waals surface area contributed by atoms with Gasteiger partial charge in [-0.25, -0.2) is 13.8 Å². The monoisotopic (exact) mass is 593 g/mol. The van der Waals surface area contributed by atoms with Crippen LogP contribution in [0.3, 0.4) is 0 Å². The number of likely N-dealkylation sites (N-methyl/N-ethyl adjacent to an activating group) is 1. The highest BCUT2D eigenvalue weighted by Crippen LogP contribution is 2.39. The summed E-state index contributed by atoms with van der Waals surface area (Å²) in [5.41, 5.74) is 1.74. The summed E-state index contributed by atoms with van der Waals surface area (Å²) < 4.78 is 45.6. The average molecular weight is 594 g/mol. The topological polar surface area (TPSA) is 112 Å². The van der Waals surface area contributed by atoms with Gasteiger partial charge in [-0.15, -0.1) is 0 Å². The summed E-state index contributed by atoms with van der Waals surface area (Å²) in [5, 5.41) is 17.5. The molecule has 1 amide bonds. The zero-order chi connectivity index (χ0) is 30.7. The molecule has 0 bridgehead atoms. The summed E-state index contributed by atoms with van der Waals surface area (Å²) in [6.45, 7) is 10.4. The van der Waals surface area contributed by atoms with Crippen molar-refractivity contribution >= 4 is 39.8 Å². The molecule has 5 rings (SSSR count). The number of aliphatic hydroxyl groups is 1. The summed E-state index contributed by atoms with van der Waals surface area (Å²) in [7, 11) is 2.45. The van der Waals surface area contributed by atoms with Crippen molar-refractivity contribution in [1.29, 1.82) is 0 Å². The van der Waals surface area contributed by atoms with Gasteiger partial charge in [-0.3, -0.25) is 4.79 Å². The first-order chi connectivity index (χ1) is 20.8. The number of methoxy groups -OCH3 is 2. The van der Waals surface area contributed by atoms with E-state index >= 15 is 0 Å². The first-order valence-electron chi connectivity index (χ1n) is 13.7. The first-order valence-corrected chi connectivity index (χ1v) is 13.7. The molecule has 0 radical (unpaired) electrons. The number of carbonyl (C=O) groups excluding carboxylic acids is 1. The quantitative estimate of drug-likeness (QED) is 0.213. The maximum Gasteiger partial charge on any atom is 0.247 e. The van der Waals surface area contributed by atoms with Crippen LogP contribution in [-0.4, -0.2) is 67.8 Å². The van der Waals surface area contributed by atoms with E-state index in [1.54, 1.807) is 6.07 Å². The van der Waals surface area contributed by atoms with E-state index in [2.05, 4.69) is 38.9 Å². The third-order valence-electron chi connectivity index (χ3n) is 7.47. The van der Waals surface area contributed by atoms with E-state index in [4.69, 9.17) is 13.9 Å². The van der Waals surface area contributed by atoms with E-state index in [9.17, 15) is 18.7 Å². The smallest absolute Gasteiger partial charge is 0.247 e. The number of halogens is 2. The minimum absolute atomic E-state index is 0.103. The maximum absolute atomic E-state index is 15.0. The van der Waals surface area contributed by atoms with Crippen molar-refractivity contribution in [1.82, 2.24) is 9.88 Å². The lowest BCUT2D eigenvalue weighted by molar-refractivity contribution is -0.111. The largest absolute Gasteiger partial charge is 0.494 e. The van der Waals surface area contributed by atoms with Gasteiger partial charge in [0.15, 0.2) is 28.7 Å². The Kier molecular flexibility index (Phi) is 8.78. The van der Waals surface area contributed by atoms with Crippen molar-refractivity contribution in [2.75, 3.05) is 62.5 Å². The number of ether oxygens (including phenoxy) is 2. The summed E-state index contributed by atoms with van der Waals surface area (Å²) in [6.07, 6.45) is 0.833. The van der Waals surface area contributed by atoms with Gasteiger partial charge < -0.3 is 39.4 Å². The lowest BCUT2D eigenvalue weighted by Crippen LogP contribution is -2.46. The minimum atomic E-state index is -1.79.